The van der Waals surface area contributed by atoms with Crippen LogP contribution in [0.1, 0.15) is 23.3 Å². The van der Waals surface area contributed by atoms with E-state index in [-0.39, 0.29) is 23.5 Å². The number of hydrogen-bond donors (Lipinski definition) is 2. The number of halogens is 1. The lowest BCUT2D eigenvalue weighted by Gasteiger charge is -2.35. The van der Waals surface area contributed by atoms with Gasteiger partial charge in [0.15, 0.2) is 5.69 Å². The van der Waals surface area contributed by atoms with Crippen molar-refractivity contribution in [1.82, 2.24) is 15.5 Å². The van der Waals surface area contributed by atoms with Gasteiger partial charge in [-0.05, 0) is 43.2 Å². The summed E-state index contributed by atoms with van der Waals surface area (Å²) in [5.74, 6) is 0.149. The zero-order valence-corrected chi connectivity index (χ0v) is 13.5. The second-order valence-corrected chi connectivity index (χ2v) is 5.79. The molecule has 1 fully saturated rings. The molecule has 2 N–H and O–H groups in total. The van der Waals surface area contributed by atoms with Crippen LogP contribution in [0.5, 0.6) is 0 Å². The van der Waals surface area contributed by atoms with E-state index < -0.39 is 0 Å². The SMILES string of the molecule is CNC(=O)c1ccc(NC2CCCN(c3cccc(F)c3)C2)nn1. The molecular weight excluding hydrogens is 309 g/mol. The molecule has 1 amide bonds. The van der Waals surface area contributed by atoms with Gasteiger partial charge in [-0.1, -0.05) is 6.07 Å². The second kappa shape index (κ2) is 7.25. The molecule has 1 aliphatic heterocycles. The Morgan fingerprint density at radius 1 is 1.29 bits per heavy atom. The Kier molecular flexibility index (Phi) is 4.88. The Balaban J connectivity index is 1.64. The van der Waals surface area contributed by atoms with Crippen LogP contribution in [0.25, 0.3) is 0 Å². The van der Waals surface area contributed by atoms with Crippen molar-refractivity contribution in [2.24, 2.45) is 0 Å². The maximum absolute atomic E-state index is 13.4. The third-order valence-electron chi connectivity index (χ3n) is 4.07. The molecule has 0 spiro atoms. The molecule has 1 aromatic carbocycles. The topological polar surface area (TPSA) is 70.2 Å². The van der Waals surface area contributed by atoms with Crippen molar-refractivity contribution in [2.75, 3.05) is 30.4 Å². The van der Waals surface area contributed by atoms with Crippen LogP contribution in [0.4, 0.5) is 15.9 Å². The molecule has 0 saturated carbocycles. The molecule has 1 saturated heterocycles. The molecule has 1 aromatic heterocycles. The molecule has 0 radical (unpaired) electrons. The number of piperidine rings is 1. The number of nitrogens with zero attached hydrogens (tertiary/aromatic N) is 3. The molecule has 1 atom stereocenters. The molecule has 1 aliphatic rings. The number of carbonyl (C=O) groups is 1. The van der Waals surface area contributed by atoms with Gasteiger partial charge in [-0.25, -0.2) is 4.39 Å². The summed E-state index contributed by atoms with van der Waals surface area (Å²) in [7, 11) is 1.55. The molecular formula is C17H20FN5O. The van der Waals surface area contributed by atoms with Gasteiger partial charge in [-0.2, -0.15) is 0 Å². The van der Waals surface area contributed by atoms with E-state index in [4.69, 9.17) is 0 Å². The minimum absolute atomic E-state index is 0.196. The fourth-order valence-corrected chi connectivity index (χ4v) is 2.87. The lowest BCUT2D eigenvalue weighted by Crippen LogP contribution is -2.42. The Morgan fingerprint density at radius 3 is 2.88 bits per heavy atom. The van der Waals surface area contributed by atoms with Crippen molar-refractivity contribution in [2.45, 2.75) is 18.9 Å². The molecule has 0 aliphatic carbocycles. The molecule has 7 heteroatoms. The van der Waals surface area contributed by atoms with Crippen molar-refractivity contribution in [3.05, 3.63) is 47.9 Å². The van der Waals surface area contributed by atoms with Crippen LogP contribution < -0.4 is 15.5 Å². The Hall–Kier alpha value is -2.70. The summed E-state index contributed by atoms with van der Waals surface area (Å²) >= 11 is 0. The van der Waals surface area contributed by atoms with E-state index in [1.165, 1.54) is 6.07 Å². The smallest absolute Gasteiger partial charge is 0.271 e. The first-order valence-corrected chi connectivity index (χ1v) is 7.98. The van der Waals surface area contributed by atoms with E-state index in [0.717, 1.165) is 31.6 Å². The van der Waals surface area contributed by atoms with E-state index >= 15 is 0 Å². The molecule has 1 unspecified atom stereocenters. The fourth-order valence-electron chi connectivity index (χ4n) is 2.87. The average Bonchev–Trinajstić information content (AvgIpc) is 2.62. The van der Waals surface area contributed by atoms with Gasteiger partial charge in [0, 0.05) is 31.9 Å². The Labute approximate surface area is 140 Å². The molecule has 126 valence electrons. The van der Waals surface area contributed by atoms with Crippen molar-refractivity contribution >= 4 is 17.4 Å². The third kappa shape index (κ3) is 3.79. The van der Waals surface area contributed by atoms with Crippen molar-refractivity contribution in [1.29, 1.82) is 0 Å². The predicted molar refractivity (Wildman–Crippen MR) is 90.7 cm³/mol. The summed E-state index contributed by atoms with van der Waals surface area (Å²) < 4.78 is 13.4. The van der Waals surface area contributed by atoms with Crippen LogP contribution in [0.2, 0.25) is 0 Å². The zero-order valence-electron chi connectivity index (χ0n) is 13.5. The van der Waals surface area contributed by atoms with Crippen molar-refractivity contribution in [3.63, 3.8) is 0 Å². The standard InChI is InChI=1S/C17H20FN5O/c1-19-17(24)15-7-8-16(22-21-15)20-13-5-3-9-23(11-13)14-6-2-4-12(18)10-14/h2,4,6-8,10,13H,3,5,9,11H2,1H3,(H,19,24)(H,20,22). The normalized spacial score (nSPS) is 17.4. The summed E-state index contributed by atoms with van der Waals surface area (Å²) in [6.07, 6.45) is 2.02. The van der Waals surface area contributed by atoms with Crippen LogP contribution >= 0.6 is 0 Å². The van der Waals surface area contributed by atoms with E-state index in [1.807, 2.05) is 6.07 Å². The number of amides is 1. The molecule has 2 aromatic rings. The number of aromatic nitrogens is 2. The number of anilines is 2. The number of nitrogens with one attached hydrogen (secondary N) is 2. The van der Waals surface area contributed by atoms with E-state index in [0.29, 0.717) is 5.82 Å². The predicted octanol–water partition coefficient (Wildman–Crippen LogP) is 2.06. The highest BCUT2D eigenvalue weighted by molar-refractivity contribution is 5.91. The quantitative estimate of drug-likeness (QED) is 0.898. The molecule has 6 nitrogen and oxygen atoms in total. The fraction of sp³-hybridized carbons (Fsp3) is 0.353. The van der Waals surface area contributed by atoms with Crippen LogP contribution in [0.15, 0.2) is 36.4 Å². The van der Waals surface area contributed by atoms with E-state index in [1.54, 1.807) is 31.3 Å². The molecule has 3 rings (SSSR count). The Morgan fingerprint density at radius 2 is 2.17 bits per heavy atom. The third-order valence-corrected chi connectivity index (χ3v) is 4.07. The van der Waals surface area contributed by atoms with Gasteiger partial charge in [0.25, 0.3) is 5.91 Å². The number of hydrogen-bond acceptors (Lipinski definition) is 5. The first-order chi connectivity index (χ1) is 11.7. The van der Waals surface area contributed by atoms with Crippen LogP contribution in [-0.2, 0) is 0 Å². The second-order valence-electron chi connectivity index (χ2n) is 5.79. The van der Waals surface area contributed by atoms with Gasteiger partial charge in [-0.15, -0.1) is 10.2 Å². The van der Waals surface area contributed by atoms with Crippen molar-refractivity contribution < 1.29 is 9.18 Å². The van der Waals surface area contributed by atoms with Gasteiger partial charge in [-0.3, -0.25) is 4.79 Å². The van der Waals surface area contributed by atoms with E-state index in [2.05, 4.69) is 25.7 Å². The summed E-state index contributed by atoms with van der Waals surface area (Å²) in [5, 5.41) is 13.8. The summed E-state index contributed by atoms with van der Waals surface area (Å²) in [6, 6.07) is 10.2. The number of benzene rings is 1. The first-order valence-electron chi connectivity index (χ1n) is 7.98. The monoisotopic (exact) mass is 329 g/mol. The lowest BCUT2D eigenvalue weighted by molar-refractivity contribution is 0.0957. The maximum Gasteiger partial charge on any atom is 0.271 e. The number of rotatable bonds is 4. The van der Waals surface area contributed by atoms with Crippen LogP contribution in [0, 0.1) is 5.82 Å². The summed E-state index contributed by atoms with van der Waals surface area (Å²) in [4.78, 5) is 13.6. The average molecular weight is 329 g/mol. The van der Waals surface area contributed by atoms with Crippen LogP contribution in [0.3, 0.4) is 0 Å². The molecule has 24 heavy (non-hydrogen) atoms. The molecule has 2 heterocycles. The van der Waals surface area contributed by atoms with Crippen molar-refractivity contribution in [3.8, 4) is 0 Å². The molecule has 0 bridgehead atoms. The minimum atomic E-state index is -0.260. The largest absolute Gasteiger partial charge is 0.369 e. The van der Waals surface area contributed by atoms with Gasteiger partial charge in [0.05, 0.1) is 0 Å². The zero-order chi connectivity index (χ0) is 16.9. The van der Waals surface area contributed by atoms with Gasteiger partial charge in [0.1, 0.15) is 11.6 Å². The first kappa shape index (κ1) is 16.2. The van der Waals surface area contributed by atoms with Gasteiger partial charge >= 0.3 is 0 Å². The van der Waals surface area contributed by atoms with Crippen LogP contribution in [-0.4, -0.2) is 42.3 Å². The highest BCUT2D eigenvalue weighted by Gasteiger charge is 2.21. The highest BCUT2D eigenvalue weighted by atomic mass is 19.1. The van der Waals surface area contributed by atoms with E-state index in [9.17, 15) is 9.18 Å². The summed E-state index contributed by atoms with van der Waals surface area (Å²) in [6.45, 7) is 1.67. The highest BCUT2D eigenvalue weighted by Crippen LogP contribution is 2.22. The number of carbonyl (C=O) groups excluding carboxylic acids is 1. The summed E-state index contributed by atoms with van der Waals surface area (Å²) in [5.41, 5.74) is 1.18. The van der Waals surface area contributed by atoms with Gasteiger partial charge < -0.3 is 15.5 Å². The lowest BCUT2D eigenvalue weighted by atomic mass is 10.0. The Bertz CT molecular complexity index is 706. The minimum Gasteiger partial charge on any atom is -0.369 e. The maximum atomic E-state index is 13.4. The van der Waals surface area contributed by atoms with Gasteiger partial charge in [0.2, 0.25) is 0 Å².